The Labute approximate surface area is 59.7 Å². The average molecular weight is 145 g/mol. The fraction of sp³-hybridized carbons (Fsp3) is 0.833. The van der Waals surface area contributed by atoms with Crippen LogP contribution in [-0.4, -0.2) is 37.3 Å². The Morgan fingerprint density at radius 3 is 2.90 bits per heavy atom. The van der Waals surface area contributed by atoms with E-state index >= 15 is 0 Å². The molecular weight excluding hydrogens is 134 g/mol. The van der Waals surface area contributed by atoms with Gasteiger partial charge in [-0.05, 0) is 6.92 Å². The third-order valence-electron chi connectivity index (χ3n) is 1.36. The molecule has 10 heavy (non-hydrogen) atoms. The van der Waals surface area contributed by atoms with Crippen molar-refractivity contribution in [2.45, 2.75) is 13.0 Å². The summed E-state index contributed by atoms with van der Waals surface area (Å²) in [5.74, 6) is -0.190. The fourth-order valence-corrected chi connectivity index (χ4v) is 0.756. The van der Waals surface area contributed by atoms with Crippen molar-refractivity contribution in [3.05, 3.63) is 0 Å². The Morgan fingerprint density at radius 1 is 1.80 bits per heavy atom. The lowest BCUT2D eigenvalue weighted by Gasteiger charge is -1.99. The molecule has 1 rings (SSSR count). The number of carbonyl (C=O) groups is 1. The molecule has 1 fully saturated rings. The Morgan fingerprint density at radius 2 is 2.50 bits per heavy atom. The highest BCUT2D eigenvalue weighted by atomic mass is 16.7. The second kappa shape index (κ2) is 2.98. The molecule has 0 aliphatic carbocycles. The van der Waals surface area contributed by atoms with Gasteiger partial charge in [-0.3, -0.25) is 4.79 Å². The SMILES string of the molecule is CCOC(=O)C1CN1OC. The van der Waals surface area contributed by atoms with Gasteiger partial charge in [0.2, 0.25) is 0 Å². The molecule has 0 saturated carbocycles. The van der Waals surface area contributed by atoms with Gasteiger partial charge in [0, 0.05) is 0 Å². The molecule has 2 atom stereocenters. The van der Waals surface area contributed by atoms with Gasteiger partial charge >= 0.3 is 5.97 Å². The first-order valence-electron chi connectivity index (χ1n) is 3.27. The topological polar surface area (TPSA) is 38.5 Å². The van der Waals surface area contributed by atoms with Crippen LogP contribution in [0.15, 0.2) is 0 Å². The van der Waals surface area contributed by atoms with E-state index in [9.17, 15) is 4.79 Å². The molecule has 4 heteroatoms. The van der Waals surface area contributed by atoms with Gasteiger partial charge in [0.15, 0.2) is 0 Å². The maximum atomic E-state index is 10.8. The van der Waals surface area contributed by atoms with Gasteiger partial charge in [-0.25, -0.2) is 0 Å². The largest absolute Gasteiger partial charge is 0.465 e. The molecular formula is C6H11NO3. The first-order chi connectivity index (χ1) is 4.79. The predicted molar refractivity (Wildman–Crippen MR) is 34.1 cm³/mol. The first-order valence-corrected chi connectivity index (χ1v) is 3.27. The van der Waals surface area contributed by atoms with Crippen molar-refractivity contribution in [3.63, 3.8) is 0 Å². The van der Waals surface area contributed by atoms with E-state index in [2.05, 4.69) is 0 Å². The van der Waals surface area contributed by atoms with E-state index in [1.807, 2.05) is 0 Å². The van der Waals surface area contributed by atoms with E-state index in [-0.39, 0.29) is 12.0 Å². The highest BCUT2D eigenvalue weighted by molar-refractivity contribution is 5.78. The van der Waals surface area contributed by atoms with Gasteiger partial charge in [0.1, 0.15) is 6.04 Å². The van der Waals surface area contributed by atoms with E-state index in [4.69, 9.17) is 9.57 Å². The fourth-order valence-electron chi connectivity index (χ4n) is 0.756. The zero-order chi connectivity index (χ0) is 7.56. The maximum Gasteiger partial charge on any atom is 0.327 e. The summed E-state index contributed by atoms with van der Waals surface area (Å²) < 4.78 is 4.74. The highest BCUT2D eigenvalue weighted by Gasteiger charge is 2.42. The number of carbonyl (C=O) groups excluding carboxylic acids is 1. The number of ether oxygens (including phenoxy) is 1. The molecule has 0 aromatic carbocycles. The molecule has 1 saturated heterocycles. The van der Waals surface area contributed by atoms with Gasteiger partial charge in [0.25, 0.3) is 0 Å². The minimum Gasteiger partial charge on any atom is -0.465 e. The molecule has 0 bridgehead atoms. The van der Waals surface area contributed by atoms with Crippen molar-refractivity contribution >= 4 is 5.97 Å². The number of rotatable bonds is 3. The molecule has 2 unspecified atom stereocenters. The van der Waals surface area contributed by atoms with Crippen LogP contribution in [0.2, 0.25) is 0 Å². The monoisotopic (exact) mass is 145 g/mol. The standard InChI is InChI=1S/C6H11NO3/c1-3-10-6(8)5-4-7(5)9-2/h5H,3-4H2,1-2H3. The lowest BCUT2D eigenvalue weighted by atomic mass is 10.5. The Bertz CT molecular complexity index is 137. The maximum absolute atomic E-state index is 10.8. The smallest absolute Gasteiger partial charge is 0.327 e. The van der Waals surface area contributed by atoms with Gasteiger partial charge in [0.05, 0.1) is 20.3 Å². The number of esters is 1. The van der Waals surface area contributed by atoms with E-state index in [1.54, 1.807) is 19.1 Å². The molecule has 0 aromatic heterocycles. The van der Waals surface area contributed by atoms with Gasteiger partial charge in [-0.15, -0.1) is 0 Å². The zero-order valence-electron chi connectivity index (χ0n) is 6.16. The van der Waals surface area contributed by atoms with E-state index in [1.165, 1.54) is 0 Å². The summed E-state index contributed by atoms with van der Waals surface area (Å²) in [5, 5.41) is 1.57. The van der Waals surface area contributed by atoms with Crippen molar-refractivity contribution in [1.82, 2.24) is 5.06 Å². The molecule has 0 N–H and O–H groups in total. The molecule has 1 aliphatic heterocycles. The van der Waals surface area contributed by atoms with Crippen LogP contribution < -0.4 is 0 Å². The molecule has 1 heterocycles. The molecule has 1 aliphatic rings. The second-order valence-electron chi connectivity index (χ2n) is 2.05. The number of hydrogen-bond donors (Lipinski definition) is 0. The van der Waals surface area contributed by atoms with E-state index in [0.717, 1.165) is 0 Å². The minimum atomic E-state index is -0.190. The summed E-state index contributed by atoms with van der Waals surface area (Å²) in [7, 11) is 1.54. The number of hydrogen-bond acceptors (Lipinski definition) is 4. The molecule has 58 valence electrons. The molecule has 0 radical (unpaired) electrons. The van der Waals surface area contributed by atoms with Crippen LogP contribution in [-0.2, 0) is 14.4 Å². The quantitative estimate of drug-likeness (QED) is 0.407. The Balaban J connectivity index is 2.19. The lowest BCUT2D eigenvalue weighted by molar-refractivity contribution is -0.148. The van der Waals surface area contributed by atoms with Crippen molar-refractivity contribution in [1.29, 1.82) is 0 Å². The van der Waals surface area contributed by atoms with Crippen LogP contribution in [0, 0.1) is 0 Å². The van der Waals surface area contributed by atoms with Crippen LogP contribution >= 0.6 is 0 Å². The predicted octanol–water partition coefficient (Wildman–Crippen LogP) is -0.205. The van der Waals surface area contributed by atoms with Gasteiger partial charge in [-0.1, -0.05) is 0 Å². The minimum absolute atomic E-state index is 0.148. The first kappa shape index (κ1) is 7.50. The number of nitrogens with zero attached hydrogens (tertiary/aromatic N) is 1. The van der Waals surface area contributed by atoms with E-state index < -0.39 is 0 Å². The lowest BCUT2D eigenvalue weighted by Crippen LogP contribution is -2.15. The third-order valence-corrected chi connectivity index (χ3v) is 1.36. The molecule has 4 nitrogen and oxygen atoms in total. The van der Waals surface area contributed by atoms with Crippen LogP contribution in [0.5, 0.6) is 0 Å². The van der Waals surface area contributed by atoms with Crippen molar-refractivity contribution in [2.24, 2.45) is 0 Å². The van der Waals surface area contributed by atoms with Crippen molar-refractivity contribution < 1.29 is 14.4 Å². The summed E-state index contributed by atoms with van der Waals surface area (Å²) in [4.78, 5) is 15.6. The van der Waals surface area contributed by atoms with Crippen LogP contribution in [0.3, 0.4) is 0 Å². The van der Waals surface area contributed by atoms with Crippen molar-refractivity contribution in [2.75, 3.05) is 20.3 Å². The highest BCUT2D eigenvalue weighted by Crippen LogP contribution is 2.17. The zero-order valence-corrected chi connectivity index (χ0v) is 6.16. The summed E-state index contributed by atoms with van der Waals surface area (Å²) in [6, 6.07) is -0.148. The summed E-state index contributed by atoms with van der Waals surface area (Å²) in [5.41, 5.74) is 0. The van der Waals surface area contributed by atoms with Crippen LogP contribution in [0.25, 0.3) is 0 Å². The second-order valence-corrected chi connectivity index (χ2v) is 2.05. The number of hydroxylamine groups is 2. The van der Waals surface area contributed by atoms with Crippen LogP contribution in [0.4, 0.5) is 0 Å². The van der Waals surface area contributed by atoms with E-state index in [0.29, 0.717) is 13.2 Å². The Kier molecular flexibility index (Phi) is 2.24. The molecule has 0 amide bonds. The normalized spacial score (nSPS) is 29.8. The third kappa shape index (κ3) is 1.46. The molecule has 0 aromatic rings. The van der Waals surface area contributed by atoms with Gasteiger partial charge in [-0.2, -0.15) is 5.06 Å². The summed E-state index contributed by atoms with van der Waals surface area (Å²) >= 11 is 0. The van der Waals surface area contributed by atoms with Crippen molar-refractivity contribution in [3.8, 4) is 0 Å². The summed E-state index contributed by atoms with van der Waals surface area (Å²) in [6.07, 6.45) is 0. The summed E-state index contributed by atoms with van der Waals surface area (Å²) in [6.45, 7) is 2.89. The Hall–Kier alpha value is -0.610. The molecule has 0 spiro atoms. The van der Waals surface area contributed by atoms with Gasteiger partial charge < -0.3 is 9.57 Å². The van der Waals surface area contributed by atoms with Crippen LogP contribution in [0.1, 0.15) is 6.92 Å². The average Bonchev–Trinajstić information content (AvgIpc) is 2.66.